The second-order valence-electron chi connectivity index (χ2n) is 3.32. The van der Waals surface area contributed by atoms with Gasteiger partial charge in [-0.2, -0.15) is 0 Å². The number of fused-ring (bicyclic) bond motifs is 1. The van der Waals surface area contributed by atoms with Gasteiger partial charge in [0.15, 0.2) is 0 Å². The van der Waals surface area contributed by atoms with E-state index in [9.17, 15) is 0 Å². The van der Waals surface area contributed by atoms with E-state index in [0.717, 1.165) is 16.5 Å². The number of nitrogens with two attached hydrogens (primary N) is 1. The van der Waals surface area contributed by atoms with Crippen LogP contribution in [0.5, 0.6) is 5.88 Å². The summed E-state index contributed by atoms with van der Waals surface area (Å²) in [6.07, 6.45) is 2.74. The smallest absolute Gasteiger partial charge is 0.218 e. The highest BCUT2D eigenvalue weighted by molar-refractivity contribution is 9.10. The van der Waals surface area contributed by atoms with Crippen molar-refractivity contribution in [3.8, 4) is 5.88 Å². The van der Waals surface area contributed by atoms with Crippen LogP contribution in [0.2, 0.25) is 0 Å². The third-order valence-corrected chi connectivity index (χ3v) is 2.58. The number of nitrogens with zero attached hydrogens (tertiary/aromatic N) is 1. The van der Waals surface area contributed by atoms with Crippen molar-refractivity contribution >= 4 is 15.9 Å². The number of aromatic nitrogens is 1. The molecule has 70 valence electrons. The third-order valence-electron chi connectivity index (χ3n) is 2.14. The van der Waals surface area contributed by atoms with Crippen molar-refractivity contribution in [1.29, 1.82) is 0 Å². The summed E-state index contributed by atoms with van der Waals surface area (Å²) in [6, 6.07) is 2.02. The highest BCUT2D eigenvalue weighted by Crippen LogP contribution is 2.32. The molecule has 1 aromatic rings. The van der Waals surface area contributed by atoms with Crippen LogP contribution in [-0.2, 0) is 0 Å². The lowest BCUT2D eigenvalue weighted by molar-refractivity contribution is 0.168. The molecule has 0 bridgehead atoms. The van der Waals surface area contributed by atoms with Gasteiger partial charge in [0.05, 0.1) is 6.10 Å². The van der Waals surface area contributed by atoms with Crippen LogP contribution in [0, 0.1) is 0 Å². The van der Waals surface area contributed by atoms with Gasteiger partial charge in [-0.15, -0.1) is 0 Å². The largest absolute Gasteiger partial charge is 0.474 e. The monoisotopic (exact) mass is 242 g/mol. The lowest BCUT2D eigenvalue weighted by atomic mass is 10.0. The minimum Gasteiger partial charge on any atom is -0.474 e. The number of hydrogen-bond acceptors (Lipinski definition) is 3. The van der Waals surface area contributed by atoms with Crippen LogP contribution < -0.4 is 10.5 Å². The van der Waals surface area contributed by atoms with E-state index in [-0.39, 0.29) is 12.1 Å². The predicted molar refractivity (Wildman–Crippen MR) is 53.6 cm³/mol. The van der Waals surface area contributed by atoms with Crippen molar-refractivity contribution in [2.45, 2.75) is 25.5 Å². The molecule has 1 aliphatic rings. The van der Waals surface area contributed by atoms with Gasteiger partial charge in [0, 0.05) is 28.7 Å². The van der Waals surface area contributed by atoms with Crippen molar-refractivity contribution in [1.82, 2.24) is 4.98 Å². The van der Waals surface area contributed by atoms with Gasteiger partial charge in [-0.1, -0.05) is 0 Å². The third kappa shape index (κ3) is 1.69. The normalized spacial score (nSPS) is 26.4. The van der Waals surface area contributed by atoms with Gasteiger partial charge in [-0.3, -0.25) is 0 Å². The Hall–Kier alpha value is -0.610. The molecule has 3 nitrogen and oxygen atoms in total. The minimum absolute atomic E-state index is 0.0451. The molecule has 13 heavy (non-hydrogen) atoms. The zero-order valence-electron chi connectivity index (χ0n) is 7.33. The summed E-state index contributed by atoms with van der Waals surface area (Å²) < 4.78 is 6.49. The van der Waals surface area contributed by atoms with Gasteiger partial charge in [0.1, 0.15) is 0 Å². The van der Waals surface area contributed by atoms with E-state index < -0.39 is 0 Å². The molecule has 0 aromatic carbocycles. The second kappa shape index (κ2) is 3.27. The van der Waals surface area contributed by atoms with Crippen LogP contribution in [-0.4, -0.2) is 11.1 Å². The van der Waals surface area contributed by atoms with Gasteiger partial charge >= 0.3 is 0 Å². The van der Waals surface area contributed by atoms with Crippen molar-refractivity contribution in [3.05, 3.63) is 22.3 Å². The maximum absolute atomic E-state index is 5.96. The molecule has 0 saturated heterocycles. The number of halogens is 1. The average molecular weight is 243 g/mol. The summed E-state index contributed by atoms with van der Waals surface area (Å²) in [5, 5.41) is 0. The maximum Gasteiger partial charge on any atom is 0.218 e. The zero-order chi connectivity index (χ0) is 9.42. The minimum atomic E-state index is 0.0451. The lowest BCUT2D eigenvalue weighted by Gasteiger charge is -2.26. The summed E-state index contributed by atoms with van der Waals surface area (Å²) in [5.41, 5.74) is 6.96. The lowest BCUT2D eigenvalue weighted by Crippen LogP contribution is -2.27. The Balaban J connectivity index is 2.43. The Bertz CT molecular complexity index is 329. The first kappa shape index (κ1) is 8.97. The van der Waals surface area contributed by atoms with Crippen molar-refractivity contribution in [2.24, 2.45) is 5.73 Å². The first-order valence-electron chi connectivity index (χ1n) is 4.24. The number of ether oxygens (including phenoxy) is 1. The molecular formula is C9H11BrN2O. The first-order chi connectivity index (χ1) is 6.16. The van der Waals surface area contributed by atoms with Crippen molar-refractivity contribution in [3.63, 3.8) is 0 Å². The fourth-order valence-electron chi connectivity index (χ4n) is 1.53. The van der Waals surface area contributed by atoms with E-state index in [1.807, 2.05) is 13.0 Å². The molecule has 2 heterocycles. The van der Waals surface area contributed by atoms with Crippen molar-refractivity contribution in [2.75, 3.05) is 0 Å². The average Bonchev–Trinajstić information content (AvgIpc) is 2.06. The molecular weight excluding hydrogens is 232 g/mol. The molecule has 2 N–H and O–H groups in total. The van der Waals surface area contributed by atoms with E-state index in [4.69, 9.17) is 10.5 Å². The molecule has 2 unspecified atom stereocenters. The molecule has 0 radical (unpaired) electrons. The van der Waals surface area contributed by atoms with Crippen LogP contribution in [0.25, 0.3) is 0 Å². The number of pyridine rings is 1. The highest BCUT2D eigenvalue weighted by Gasteiger charge is 2.23. The van der Waals surface area contributed by atoms with Gasteiger partial charge in [-0.05, 0) is 28.9 Å². The summed E-state index contributed by atoms with van der Waals surface area (Å²) >= 11 is 3.36. The quantitative estimate of drug-likeness (QED) is 0.758. The standard InChI is InChI=1S/C9H11BrN2O/c1-5-2-8(11)7-3-6(10)4-12-9(7)13-5/h3-5,8H,2,11H2,1H3. The van der Waals surface area contributed by atoms with Crippen LogP contribution in [0.4, 0.5) is 0 Å². The van der Waals surface area contributed by atoms with Crippen LogP contribution in [0.1, 0.15) is 24.9 Å². The number of rotatable bonds is 0. The topological polar surface area (TPSA) is 48.1 Å². The summed E-state index contributed by atoms with van der Waals surface area (Å²) in [4.78, 5) is 4.17. The van der Waals surface area contributed by atoms with Gasteiger partial charge in [0.2, 0.25) is 5.88 Å². The van der Waals surface area contributed by atoms with Gasteiger partial charge in [-0.25, -0.2) is 4.98 Å². The van der Waals surface area contributed by atoms with Crippen LogP contribution >= 0.6 is 15.9 Å². The fraction of sp³-hybridized carbons (Fsp3) is 0.444. The molecule has 1 aromatic heterocycles. The van der Waals surface area contributed by atoms with Crippen LogP contribution in [0.15, 0.2) is 16.7 Å². The molecule has 0 saturated carbocycles. The van der Waals surface area contributed by atoms with Gasteiger partial charge in [0.25, 0.3) is 0 Å². The molecule has 0 aliphatic carbocycles. The highest BCUT2D eigenvalue weighted by atomic mass is 79.9. The molecule has 0 amide bonds. The Morgan fingerprint density at radius 1 is 1.69 bits per heavy atom. The Labute approximate surface area is 85.4 Å². The summed E-state index contributed by atoms with van der Waals surface area (Å²) in [6.45, 7) is 2.01. The first-order valence-corrected chi connectivity index (χ1v) is 5.04. The van der Waals surface area contributed by atoms with E-state index in [0.29, 0.717) is 5.88 Å². The Morgan fingerprint density at radius 2 is 2.46 bits per heavy atom. The Morgan fingerprint density at radius 3 is 3.23 bits per heavy atom. The van der Waals surface area contributed by atoms with Gasteiger partial charge < -0.3 is 10.5 Å². The van der Waals surface area contributed by atoms with E-state index in [1.165, 1.54) is 0 Å². The molecule has 1 aliphatic heterocycles. The summed E-state index contributed by atoms with van der Waals surface area (Å²) in [7, 11) is 0. The van der Waals surface area contributed by atoms with E-state index in [2.05, 4.69) is 20.9 Å². The molecule has 0 spiro atoms. The zero-order valence-corrected chi connectivity index (χ0v) is 8.91. The molecule has 0 fully saturated rings. The predicted octanol–water partition coefficient (Wildman–Crippen LogP) is 2.01. The van der Waals surface area contributed by atoms with Crippen LogP contribution in [0.3, 0.4) is 0 Å². The molecule has 4 heteroatoms. The van der Waals surface area contributed by atoms with E-state index >= 15 is 0 Å². The molecule has 2 rings (SSSR count). The fourth-order valence-corrected chi connectivity index (χ4v) is 1.88. The molecule has 2 atom stereocenters. The SMILES string of the molecule is CC1CC(N)c2cc(Br)cnc2O1. The Kier molecular flexibility index (Phi) is 2.26. The number of hydrogen-bond donors (Lipinski definition) is 1. The van der Waals surface area contributed by atoms with Crippen molar-refractivity contribution < 1.29 is 4.74 Å². The maximum atomic E-state index is 5.96. The second-order valence-corrected chi connectivity index (χ2v) is 4.23. The summed E-state index contributed by atoms with van der Waals surface area (Å²) in [5.74, 6) is 0.675. The van der Waals surface area contributed by atoms with E-state index in [1.54, 1.807) is 6.20 Å².